The minimum atomic E-state index is -3.91. The van der Waals surface area contributed by atoms with Crippen LogP contribution in [0.15, 0.2) is 47.4 Å². The summed E-state index contributed by atoms with van der Waals surface area (Å²) in [5.41, 5.74) is -0.784. The van der Waals surface area contributed by atoms with Crippen molar-refractivity contribution < 1.29 is 27.5 Å². The van der Waals surface area contributed by atoms with Crippen molar-refractivity contribution in [2.45, 2.75) is 44.1 Å². The molecule has 1 aliphatic heterocycles. The fourth-order valence-corrected chi connectivity index (χ4v) is 4.86. The highest BCUT2D eigenvalue weighted by Crippen LogP contribution is 2.19. The van der Waals surface area contributed by atoms with Crippen molar-refractivity contribution in [3.63, 3.8) is 0 Å². The molecule has 0 saturated carbocycles. The van der Waals surface area contributed by atoms with Gasteiger partial charge in [-0.1, -0.05) is 30.3 Å². The zero-order chi connectivity index (χ0) is 26.3. The highest BCUT2D eigenvalue weighted by molar-refractivity contribution is 7.89. The molecule has 0 atom stereocenters. The maximum Gasteiger partial charge on any atom is 0.417 e. The van der Waals surface area contributed by atoms with Gasteiger partial charge >= 0.3 is 6.09 Å². The summed E-state index contributed by atoms with van der Waals surface area (Å²) in [4.78, 5) is 39.1. The second kappa shape index (κ2) is 11.8. The zero-order valence-corrected chi connectivity index (χ0v) is 21.7. The maximum absolute atomic E-state index is 13.0. The van der Waals surface area contributed by atoms with Crippen LogP contribution in [0.1, 0.15) is 33.6 Å². The number of imide groups is 1. The fourth-order valence-electron chi connectivity index (χ4n) is 3.85. The Morgan fingerprint density at radius 2 is 1.72 bits per heavy atom. The van der Waals surface area contributed by atoms with Crippen LogP contribution < -0.4 is 15.4 Å². The first-order valence-corrected chi connectivity index (χ1v) is 13.4. The van der Waals surface area contributed by atoms with E-state index >= 15 is 0 Å². The predicted molar refractivity (Wildman–Crippen MR) is 136 cm³/mol. The third kappa shape index (κ3) is 7.74. The summed E-state index contributed by atoms with van der Waals surface area (Å²) in [6.07, 6.45) is 0.458. The molecule has 11 heteroatoms. The minimum Gasteiger partial charge on any atom is -0.443 e. The highest BCUT2D eigenvalue weighted by atomic mass is 32.2. The van der Waals surface area contributed by atoms with Gasteiger partial charge in [0.15, 0.2) is 0 Å². The van der Waals surface area contributed by atoms with Crippen molar-refractivity contribution in [1.29, 1.82) is 0 Å². The van der Waals surface area contributed by atoms with Crippen molar-refractivity contribution in [1.82, 2.24) is 20.3 Å². The Morgan fingerprint density at radius 3 is 2.39 bits per heavy atom. The first-order chi connectivity index (χ1) is 17.0. The third-order valence-corrected chi connectivity index (χ3v) is 7.08. The highest BCUT2D eigenvalue weighted by Gasteiger charge is 2.32. The van der Waals surface area contributed by atoms with Crippen LogP contribution in [0.25, 0.3) is 10.8 Å². The van der Waals surface area contributed by atoms with Crippen LogP contribution in [-0.4, -0.2) is 69.6 Å². The van der Waals surface area contributed by atoms with Gasteiger partial charge in [0.1, 0.15) is 5.60 Å². The second-order valence-electron chi connectivity index (χ2n) is 9.68. The molecule has 1 aliphatic rings. The number of fused-ring (bicyclic) bond motifs is 1. The zero-order valence-electron chi connectivity index (χ0n) is 20.9. The number of carbonyl (C=O) groups is 3. The number of sulfonamides is 1. The van der Waals surface area contributed by atoms with Crippen LogP contribution in [-0.2, 0) is 24.3 Å². The molecule has 0 aromatic heterocycles. The van der Waals surface area contributed by atoms with Crippen molar-refractivity contribution >= 4 is 38.7 Å². The number of ether oxygens (including phenoxy) is 1. The Labute approximate surface area is 211 Å². The molecule has 36 heavy (non-hydrogen) atoms. The van der Waals surface area contributed by atoms with Gasteiger partial charge in [0.25, 0.3) is 0 Å². The number of hydrogen-bond donors (Lipinski definition) is 3. The molecule has 3 amide bonds. The molecule has 0 spiro atoms. The monoisotopic (exact) mass is 518 g/mol. The number of piperidine rings is 1. The molecule has 0 unspecified atom stereocenters. The summed E-state index contributed by atoms with van der Waals surface area (Å²) in [7, 11) is -3.91. The molecule has 3 rings (SSSR count). The van der Waals surface area contributed by atoms with E-state index < -0.39 is 34.2 Å². The van der Waals surface area contributed by atoms with Crippen LogP contribution in [0.3, 0.4) is 0 Å². The van der Waals surface area contributed by atoms with Crippen molar-refractivity contribution in [2.75, 3.05) is 32.7 Å². The summed E-state index contributed by atoms with van der Waals surface area (Å²) < 4.78 is 33.0. The van der Waals surface area contributed by atoms with Gasteiger partial charge in [0.05, 0.1) is 11.4 Å². The Morgan fingerprint density at radius 1 is 1.06 bits per heavy atom. The number of benzene rings is 2. The van der Waals surface area contributed by atoms with Gasteiger partial charge in [-0.2, -0.15) is 0 Å². The smallest absolute Gasteiger partial charge is 0.417 e. The van der Waals surface area contributed by atoms with E-state index in [9.17, 15) is 22.8 Å². The van der Waals surface area contributed by atoms with Crippen molar-refractivity contribution in [3.8, 4) is 0 Å². The van der Waals surface area contributed by atoms with Crippen LogP contribution in [0, 0.1) is 5.92 Å². The summed E-state index contributed by atoms with van der Waals surface area (Å²) in [5.74, 6) is -1.22. The summed E-state index contributed by atoms with van der Waals surface area (Å²) in [5, 5.41) is 7.42. The van der Waals surface area contributed by atoms with Crippen LogP contribution in [0.5, 0.6) is 0 Å². The van der Waals surface area contributed by atoms with E-state index in [0.29, 0.717) is 25.9 Å². The molecule has 3 N–H and O–H groups in total. The summed E-state index contributed by atoms with van der Waals surface area (Å²) >= 11 is 0. The van der Waals surface area contributed by atoms with Crippen molar-refractivity contribution in [2.24, 2.45) is 5.92 Å². The van der Waals surface area contributed by atoms with Gasteiger partial charge in [0, 0.05) is 19.0 Å². The lowest BCUT2D eigenvalue weighted by Crippen LogP contribution is -2.49. The first kappa shape index (κ1) is 27.6. The summed E-state index contributed by atoms with van der Waals surface area (Å²) in [6, 6.07) is 12.1. The molecule has 196 valence electrons. The molecule has 10 nitrogen and oxygen atoms in total. The van der Waals surface area contributed by atoms with Crippen molar-refractivity contribution in [3.05, 3.63) is 42.5 Å². The minimum absolute atomic E-state index is 0.0352. The van der Waals surface area contributed by atoms with Gasteiger partial charge in [-0.15, -0.1) is 0 Å². The Balaban J connectivity index is 1.56. The van der Waals surface area contributed by atoms with Gasteiger partial charge < -0.3 is 15.4 Å². The molecular weight excluding hydrogens is 484 g/mol. The molecule has 2 aromatic rings. The molecule has 1 saturated heterocycles. The lowest BCUT2D eigenvalue weighted by molar-refractivity contribution is -0.135. The first-order valence-electron chi connectivity index (χ1n) is 12.0. The summed E-state index contributed by atoms with van der Waals surface area (Å²) in [6.45, 7) is 5.90. The number of hydrogen-bond acceptors (Lipinski definition) is 7. The number of nitrogens with one attached hydrogen (secondary N) is 3. The lowest BCUT2D eigenvalue weighted by Gasteiger charge is -2.30. The fraction of sp³-hybridized carbons (Fsp3) is 0.480. The van der Waals surface area contributed by atoms with E-state index in [1.807, 2.05) is 24.3 Å². The van der Waals surface area contributed by atoms with Crippen LogP contribution in [0.4, 0.5) is 4.79 Å². The van der Waals surface area contributed by atoms with E-state index in [2.05, 4.69) is 15.4 Å². The topological polar surface area (TPSA) is 134 Å². The second-order valence-corrected chi connectivity index (χ2v) is 11.4. The van der Waals surface area contributed by atoms with E-state index in [0.717, 1.165) is 15.7 Å². The molecule has 0 radical (unpaired) electrons. The average molecular weight is 519 g/mol. The average Bonchev–Trinajstić information content (AvgIpc) is 2.84. The Bertz CT molecular complexity index is 1200. The number of rotatable bonds is 8. The standard InChI is InChI=1S/C25H34N4O6S/c1-25(2,3)35-24(32)29(23(31)19-10-12-26-13-11-19)15-14-27-22(30)17-28-36(33,34)21-9-8-18-6-4-5-7-20(18)16-21/h4-9,16,19,26,28H,10-15,17H2,1-3H3,(H,27,30). The van der Waals surface area contributed by atoms with Crippen LogP contribution >= 0.6 is 0 Å². The molecule has 1 heterocycles. The van der Waals surface area contributed by atoms with E-state index in [1.165, 1.54) is 6.07 Å². The SMILES string of the molecule is CC(C)(C)OC(=O)N(CCNC(=O)CNS(=O)(=O)c1ccc2ccccc2c1)C(=O)C1CCNCC1. The van der Waals surface area contributed by atoms with E-state index in [4.69, 9.17) is 4.74 Å². The van der Waals surface area contributed by atoms with Gasteiger partial charge in [-0.3, -0.25) is 9.59 Å². The number of carbonyl (C=O) groups excluding carboxylic acids is 3. The van der Waals surface area contributed by atoms with E-state index in [1.54, 1.807) is 32.9 Å². The van der Waals surface area contributed by atoms with E-state index in [-0.39, 0.29) is 29.8 Å². The largest absolute Gasteiger partial charge is 0.443 e. The normalized spacial score (nSPS) is 14.9. The number of amides is 3. The molecule has 2 aromatic carbocycles. The maximum atomic E-state index is 13.0. The quantitative estimate of drug-likeness (QED) is 0.487. The molecule has 0 aliphatic carbocycles. The van der Waals surface area contributed by atoms with Crippen LogP contribution in [0.2, 0.25) is 0 Å². The Hall–Kier alpha value is -3.02. The van der Waals surface area contributed by atoms with Gasteiger partial charge in [-0.25, -0.2) is 22.8 Å². The Kier molecular flexibility index (Phi) is 9.04. The lowest BCUT2D eigenvalue weighted by atomic mass is 9.96. The van der Waals surface area contributed by atoms with Gasteiger partial charge in [-0.05, 0) is 69.6 Å². The third-order valence-electron chi connectivity index (χ3n) is 5.68. The van der Waals surface area contributed by atoms with Gasteiger partial charge in [0.2, 0.25) is 21.8 Å². The molecular formula is C25H34N4O6S. The number of nitrogens with zero attached hydrogens (tertiary/aromatic N) is 1. The molecule has 0 bridgehead atoms. The molecule has 1 fully saturated rings. The predicted octanol–water partition coefficient (Wildman–Crippen LogP) is 2.00.